The van der Waals surface area contributed by atoms with Crippen LogP contribution in [0.1, 0.15) is 15.9 Å². The van der Waals surface area contributed by atoms with Gasteiger partial charge in [0.15, 0.2) is 0 Å². The number of hydrogen-bond donors (Lipinski definition) is 2. The maximum atomic E-state index is 13.6. The molecule has 0 aromatic heterocycles. The van der Waals surface area contributed by atoms with Crippen molar-refractivity contribution in [3.63, 3.8) is 0 Å². The molecule has 0 aliphatic rings. The van der Waals surface area contributed by atoms with Gasteiger partial charge in [-0.3, -0.25) is 9.59 Å². The van der Waals surface area contributed by atoms with E-state index in [4.69, 9.17) is 10.8 Å². The van der Waals surface area contributed by atoms with Crippen molar-refractivity contribution in [2.75, 3.05) is 20.2 Å². The summed E-state index contributed by atoms with van der Waals surface area (Å²) in [4.78, 5) is 23.6. The maximum Gasteiger partial charge on any atom is 0.257 e. The molecule has 6 heteroatoms. The highest BCUT2D eigenvalue weighted by Crippen LogP contribution is 2.12. The van der Waals surface area contributed by atoms with E-state index in [9.17, 15) is 14.0 Å². The van der Waals surface area contributed by atoms with Crippen LogP contribution in [0.25, 0.3) is 0 Å². The number of aliphatic hydroxyl groups excluding tert-OH is 1. The molecule has 1 aromatic carbocycles. The minimum atomic E-state index is -0.712. The van der Waals surface area contributed by atoms with Gasteiger partial charge < -0.3 is 15.7 Å². The van der Waals surface area contributed by atoms with Crippen molar-refractivity contribution >= 4 is 11.8 Å². The first kappa shape index (κ1) is 14.7. The van der Waals surface area contributed by atoms with Gasteiger partial charge in [0, 0.05) is 12.6 Å². The Kier molecular flexibility index (Phi) is 5.03. The largest absolute Gasteiger partial charge is 0.384 e. The third-order valence-corrected chi connectivity index (χ3v) is 2.25. The highest BCUT2D eigenvalue weighted by molar-refractivity contribution is 5.96. The normalized spacial score (nSPS) is 9.42. The minimum Gasteiger partial charge on any atom is -0.384 e. The number of likely N-dealkylation sites (N-methyl/N-ethyl adjacent to an activating group) is 1. The van der Waals surface area contributed by atoms with Crippen molar-refractivity contribution in [2.24, 2.45) is 5.73 Å². The fourth-order valence-electron chi connectivity index (χ4n) is 1.42. The fraction of sp³-hybridized carbons (Fsp3) is 0.231. The zero-order valence-corrected chi connectivity index (χ0v) is 10.3. The molecule has 0 radical (unpaired) electrons. The van der Waals surface area contributed by atoms with E-state index in [1.54, 1.807) is 0 Å². The summed E-state index contributed by atoms with van der Waals surface area (Å²) in [5, 5.41) is 8.57. The van der Waals surface area contributed by atoms with Gasteiger partial charge in [-0.25, -0.2) is 4.39 Å². The molecule has 0 spiro atoms. The van der Waals surface area contributed by atoms with E-state index in [2.05, 4.69) is 11.8 Å². The van der Waals surface area contributed by atoms with Gasteiger partial charge >= 0.3 is 0 Å². The molecular formula is C13H13FN2O3. The van der Waals surface area contributed by atoms with Gasteiger partial charge in [-0.15, -0.1) is 0 Å². The van der Waals surface area contributed by atoms with Crippen molar-refractivity contribution in [1.82, 2.24) is 4.90 Å². The summed E-state index contributed by atoms with van der Waals surface area (Å²) in [5.74, 6) is 2.90. The Labute approximate surface area is 109 Å². The Morgan fingerprint density at radius 2 is 2.16 bits per heavy atom. The average Bonchev–Trinajstić information content (AvgIpc) is 2.36. The second-order valence-corrected chi connectivity index (χ2v) is 3.78. The summed E-state index contributed by atoms with van der Waals surface area (Å²) in [7, 11) is 1.35. The number of rotatable bonds is 3. The van der Waals surface area contributed by atoms with Crippen molar-refractivity contribution in [1.29, 1.82) is 0 Å². The highest BCUT2D eigenvalue weighted by atomic mass is 19.1. The second-order valence-electron chi connectivity index (χ2n) is 3.78. The number of primary amides is 1. The molecule has 0 heterocycles. The number of carbonyl (C=O) groups excluding carboxylic acids is 2. The number of aliphatic hydroxyl groups is 1. The summed E-state index contributed by atoms with van der Waals surface area (Å²) in [6, 6.07) is 3.76. The van der Waals surface area contributed by atoms with Crippen LogP contribution >= 0.6 is 0 Å². The summed E-state index contributed by atoms with van der Waals surface area (Å²) in [6.07, 6.45) is 0. The molecule has 0 aliphatic heterocycles. The molecule has 19 heavy (non-hydrogen) atoms. The molecule has 3 N–H and O–H groups in total. The van der Waals surface area contributed by atoms with Crippen LogP contribution < -0.4 is 5.73 Å². The number of carbonyl (C=O) groups is 2. The van der Waals surface area contributed by atoms with Gasteiger partial charge in [-0.05, 0) is 18.2 Å². The quantitative estimate of drug-likeness (QED) is 0.737. The third-order valence-electron chi connectivity index (χ3n) is 2.25. The highest BCUT2D eigenvalue weighted by Gasteiger charge is 2.17. The molecule has 0 aliphatic carbocycles. The Bertz CT molecular complexity index is 561. The van der Waals surface area contributed by atoms with E-state index >= 15 is 0 Å². The number of hydrogen-bond acceptors (Lipinski definition) is 3. The molecule has 2 amide bonds. The van der Waals surface area contributed by atoms with Gasteiger partial charge in [-0.1, -0.05) is 11.8 Å². The Hall–Kier alpha value is -2.39. The molecule has 0 fully saturated rings. The Morgan fingerprint density at radius 1 is 1.47 bits per heavy atom. The van der Waals surface area contributed by atoms with Crippen LogP contribution in [0, 0.1) is 17.7 Å². The van der Waals surface area contributed by atoms with Crippen LogP contribution in [0.5, 0.6) is 0 Å². The first-order valence-electron chi connectivity index (χ1n) is 5.38. The lowest BCUT2D eigenvalue weighted by Crippen LogP contribution is -2.35. The number of nitrogens with two attached hydrogens (primary N) is 1. The molecule has 1 rings (SSSR count). The molecular weight excluding hydrogens is 251 g/mol. The van der Waals surface area contributed by atoms with Gasteiger partial charge in [0.05, 0.1) is 12.1 Å². The van der Waals surface area contributed by atoms with Crippen LogP contribution in [0.3, 0.4) is 0 Å². The molecule has 0 atom stereocenters. The van der Waals surface area contributed by atoms with E-state index in [-0.39, 0.29) is 18.7 Å². The lowest BCUT2D eigenvalue weighted by atomic mass is 10.1. The molecule has 100 valence electrons. The zero-order chi connectivity index (χ0) is 14.4. The zero-order valence-electron chi connectivity index (χ0n) is 10.3. The number of nitrogens with zero attached hydrogens (tertiary/aromatic N) is 1. The van der Waals surface area contributed by atoms with E-state index in [0.29, 0.717) is 5.56 Å². The predicted molar refractivity (Wildman–Crippen MR) is 66.5 cm³/mol. The van der Waals surface area contributed by atoms with Crippen LogP contribution in [-0.2, 0) is 4.79 Å². The van der Waals surface area contributed by atoms with Crippen LogP contribution in [0.2, 0.25) is 0 Å². The standard InChI is InChI=1S/C13H13FN2O3/c1-16(8-12(15)18)13(19)10-7-9(3-2-6-17)4-5-11(10)14/h4-5,7,17H,6,8H2,1H3,(H2,15,18). The van der Waals surface area contributed by atoms with E-state index in [1.165, 1.54) is 19.2 Å². The van der Waals surface area contributed by atoms with E-state index < -0.39 is 17.6 Å². The average molecular weight is 264 g/mol. The minimum absolute atomic E-state index is 0.200. The number of amides is 2. The number of halogens is 1. The molecule has 1 aromatic rings. The van der Waals surface area contributed by atoms with Gasteiger partial charge in [0.1, 0.15) is 12.4 Å². The first-order chi connectivity index (χ1) is 8.95. The van der Waals surface area contributed by atoms with Crippen molar-refractivity contribution in [3.8, 4) is 11.8 Å². The Morgan fingerprint density at radius 3 is 2.74 bits per heavy atom. The summed E-state index contributed by atoms with van der Waals surface area (Å²) in [5.41, 5.74) is 5.16. The third kappa shape index (κ3) is 4.08. The van der Waals surface area contributed by atoms with E-state index in [0.717, 1.165) is 11.0 Å². The maximum absolute atomic E-state index is 13.6. The van der Waals surface area contributed by atoms with Crippen molar-refractivity contribution < 1.29 is 19.1 Å². The fourth-order valence-corrected chi connectivity index (χ4v) is 1.42. The molecule has 0 bridgehead atoms. The molecule has 5 nitrogen and oxygen atoms in total. The lowest BCUT2D eigenvalue weighted by molar-refractivity contribution is -0.118. The first-order valence-corrected chi connectivity index (χ1v) is 5.38. The SMILES string of the molecule is CN(CC(N)=O)C(=O)c1cc(C#CCO)ccc1F. The monoisotopic (exact) mass is 264 g/mol. The molecule has 0 saturated carbocycles. The van der Waals surface area contributed by atoms with E-state index in [1.807, 2.05) is 0 Å². The van der Waals surface area contributed by atoms with Crippen molar-refractivity contribution in [2.45, 2.75) is 0 Å². The second kappa shape index (κ2) is 6.52. The topological polar surface area (TPSA) is 83.6 Å². The number of benzene rings is 1. The smallest absolute Gasteiger partial charge is 0.257 e. The van der Waals surface area contributed by atoms with Gasteiger partial charge in [0.25, 0.3) is 5.91 Å². The molecule has 0 unspecified atom stereocenters. The predicted octanol–water partition coefficient (Wildman–Crippen LogP) is -0.273. The molecule has 0 saturated heterocycles. The Balaban J connectivity index is 3.04. The summed E-state index contributed by atoms with van der Waals surface area (Å²) < 4.78 is 13.6. The van der Waals surface area contributed by atoms with Gasteiger partial charge in [0.2, 0.25) is 5.91 Å². The summed E-state index contributed by atoms with van der Waals surface area (Å²) >= 11 is 0. The van der Waals surface area contributed by atoms with Crippen LogP contribution in [-0.4, -0.2) is 42.0 Å². The van der Waals surface area contributed by atoms with Crippen LogP contribution in [0.4, 0.5) is 4.39 Å². The van der Waals surface area contributed by atoms with Crippen LogP contribution in [0.15, 0.2) is 18.2 Å². The summed E-state index contributed by atoms with van der Waals surface area (Å²) in [6.45, 7) is -0.632. The lowest BCUT2D eigenvalue weighted by Gasteiger charge is -2.15. The van der Waals surface area contributed by atoms with Crippen molar-refractivity contribution in [3.05, 3.63) is 35.1 Å². The van der Waals surface area contributed by atoms with Gasteiger partial charge in [-0.2, -0.15) is 0 Å².